The van der Waals surface area contributed by atoms with Gasteiger partial charge in [-0.25, -0.2) is 9.18 Å². The Kier molecular flexibility index (Phi) is 1.64. The standard InChI is InChI=1S/C11H9FN2O2/c12-8-3-1-2-7-6(8)4-5-11(7)9(15)13-10(16)14-11/h1-3H,4-5H2,(H2,13,14,15,16). The van der Waals surface area contributed by atoms with Crippen molar-refractivity contribution in [2.45, 2.75) is 18.4 Å². The fourth-order valence-electron chi connectivity index (χ4n) is 2.52. The zero-order valence-corrected chi connectivity index (χ0v) is 8.34. The number of halogens is 1. The number of hydrogen-bond acceptors (Lipinski definition) is 2. The molecule has 1 aliphatic carbocycles. The maximum Gasteiger partial charge on any atom is 0.322 e. The lowest BCUT2D eigenvalue weighted by molar-refractivity contribution is -0.124. The Hall–Kier alpha value is -1.91. The summed E-state index contributed by atoms with van der Waals surface area (Å²) in [6.07, 6.45) is 0.885. The van der Waals surface area contributed by atoms with Crippen molar-refractivity contribution < 1.29 is 14.0 Å². The Labute approximate surface area is 90.8 Å². The first kappa shape index (κ1) is 9.33. The molecule has 3 amide bonds. The summed E-state index contributed by atoms with van der Waals surface area (Å²) in [5.41, 5.74) is 0.0600. The molecule has 1 heterocycles. The predicted octanol–water partition coefficient (Wildman–Crippen LogP) is 0.807. The lowest BCUT2D eigenvalue weighted by Gasteiger charge is -2.20. The summed E-state index contributed by atoms with van der Waals surface area (Å²) in [6, 6.07) is 4.10. The van der Waals surface area contributed by atoms with Gasteiger partial charge in [0.1, 0.15) is 11.4 Å². The fourth-order valence-corrected chi connectivity index (χ4v) is 2.52. The smallest absolute Gasteiger partial charge is 0.319 e. The summed E-state index contributed by atoms with van der Waals surface area (Å²) in [5, 5.41) is 4.79. The van der Waals surface area contributed by atoms with E-state index in [4.69, 9.17) is 0 Å². The number of rotatable bonds is 0. The molecule has 16 heavy (non-hydrogen) atoms. The van der Waals surface area contributed by atoms with Crippen LogP contribution >= 0.6 is 0 Å². The molecule has 1 fully saturated rings. The third kappa shape index (κ3) is 0.973. The molecule has 0 saturated carbocycles. The molecule has 4 nitrogen and oxygen atoms in total. The first-order chi connectivity index (χ1) is 7.63. The van der Waals surface area contributed by atoms with Crippen molar-refractivity contribution in [1.82, 2.24) is 10.6 Å². The average molecular weight is 220 g/mol. The third-order valence-corrected chi connectivity index (χ3v) is 3.27. The maximum atomic E-state index is 13.5. The second kappa shape index (κ2) is 2.81. The number of imide groups is 1. The molecule has 1 aliphatic heterocycles. The Balaban J connectivity index is 2.19. The van der Waals surface area contributed by atoms with Crippen LogP contribution in [0.5, 0.6) is 0 Å². The zero-order valence-electron chi connectivity index (χ0n) is 8.34. The van der Waals surface area contributed by atoms with Crippen molar-refractivity contribution >= 4 is 11.9 Å². The van der Waals surface area contributed by atoms with Gasteiger partial charge >= 0.3 is 6.03 Å². The van der Waals surface area contributed by atoms with Gasteiger partial charge in [0, 0.05) is 0 Å². The van der Waals surface area contributed by atoms with Gasteiger partial charge in [-0.15, -0.1) is 0 Å². The maximum absolute atomic E-state index is 13.5. The quantitative estimate of drug-likeness (QED) is 0.635. The van der Waals surface area contributed by atoms with E-state index in [0.717, 1.165) is 0 Å². The van der Waals surface area contributed by atoms with Crippen molar-refractivity contribution in [3.8, 4) is 0 Å². The van der Waals surface area contributed by atoms with Crippen molar-refractivity contribution in [2.75, 3.05) is 0 Å². The van der Waals surface area contributed by atoms with Gasteiger partial charge < -0.3 is 5.32 Å². The van der Waals surface area contributed by atoms with Crippen LogP contribution in [0, 0.1) is 5.82 Å². The third-order valence-electron chi connectivity index (χ3n) is 3.27. The molecule has 3 rings (SSSR count). The van der Waals surface area contributed by atoms with Crippen LogP contribution in [0.15, 0.2) is 18.2 Å². The van der Waals surface area contributed by atoms with Gasteiger partial charge in [0.15, 0.2) is 0 Å². The SMILES string of the molecule is O=C1NC(=O)C2(CCc3c(F)cccc32)N1. The van der Waals surface area contributed by atoms with E-state index < -0.39 is 11.6 Å². The molecule has 2 N–H and O–H groups in total. The summed E-state index contributed by atoms with van der Waals surface area (Å²) in [4.78, 5) is 22.9. The summed E-state index contributed by atoms with van der Waals surface area (Å²) in [6.45, 7) is 0. The van der Waals surface area contributed by atoms with Crippen LogP contribution in [0.25, 0.3) is 0 Å². The number of benzene rings is 1. The van der Waals surface area contributed by atoms with Crippen LogP contribution in [0.1, 0.15) is 17.5 Å². The molecule has 1 atom stereocenters. The molecule has 82 valence electrons. The number of amides is 3. The van der Waals surface area contributed by atoms with Gasteiger partial charge in [0.05, 0.1) is 0 Å². The summed E-state index contributed by atoms with van der Waals surface area (Å²) in [7, 11) is 0. The predicted molar refractivity (Wildman–Crippen MR) is 53.1 cm³/mol. The van der Waals surface area contributed by atoms with E-state index >= 15 is 0 Å². The minimum absolute atomic E-state index is 0.316. The highest BCUT2D eigenvalue weighted by Crippen LogP contribution is 2.39. The van der Waals surface area contributed by atoms with Crippen molar-refractivity contribution in [2.24, 2.45) is 0 Å². The topological polar surface area (TPSA) is 58.2 Å². The van der Waals surface area contributed by atoms with E-state index in [1.54, 1.807) is 12.1 Å². The Bertz CT molecular complexity index is 515. The molecular weight excluding hydrogens is 211 g/mol. The normalized spacial score (nSPS) is 26.8. The average Bonchev–Trinajstić information content (AvgIpc) is 2.72. The van der Waals surface area contributed by atoms with E-state index in [-0.39, 0.29) is 11.7 Å². The van der Waals surface area contributed by atoms with E-state index in [1.807, 2.05) is 0 Å². The minimum Gasteiger partial charge on any atom is -0.319 e. The number of nitrogens with one attached hydrogen (secondary N) is 2. The lowest BCUT2D eigenvalue weighted by Crippen LogP contribution is -2.41. The number of carbonyl (C=O) groups excluding carboxylic acids is 2. The number of fused-ring (bicyclic) bond motifs is 2. The van der Waals surface area contributed by atoms with Crippen LogP contribution < -0.4 is 10.6 Å². The Morgan fingerprint density at radius 2 is 2.12 bits per heavy atom. The molecule has 1 saturated heterocycles. The van der Waals surface area contributed by atoms with Gasteiger partial charge in [0.2, 0.25) is 0 Å². The van der Waals surface area contributed by atoms with E-state index in [0.29, 0.717) is 24.0 Å². The molecule has 5 heteroatoms. The number of hydrogen-bond donors (Lipinski definition) is 2. The van der Waals surface area contributed by atoms with Crippen LogP contribution in [-0.4, -0.2) is 11.9 Å². The lowest BCUT2D eigenvalue weighted by atomic mass is 9.92. The molecule has 0 bridgehead atoms. The van der Waals surface area contributed by atoms with E-state index in [2.05, 4.69) is 10.6 Å². The van der Waals surface area contributed by atoms with Crippen LogP contribution in [0.4, 0.5) is 9.18 Å². The largest absolute Gasteiger partial charge is 0.322 e. The molecule has 2 aliphatic rings. The summed E-state index contributed by atoms with van der Waals surface area (Å²) in [5.74, 6) is -0.704. The highest BCUT2D eigenvalue weighted by molar-refractivity contribution is 6.08. The molecule has 1 spiro atoms. The number of carbonyl (C=O) groups is 2. The molecule has 0 aromatic heterocycles. The van der Waals surface area contributed by atoms with Crippen molar-refractivity contribution in [3.63, 3.8) is 0 Å². The fraction of sp³-hybridized carbons (Fsp3) is 0.273. The highest BCUT2D eigenvalue weighted by atomic mass is 19.1. The Morgan fingerprint density at radius 1 is 1.31 bits per heavy atom. The first-order valence-corrected chi connectivity index (χ1v) is 5.05. The minimum atomic E-state index is -1.05. The van der Waals surface area contributed by atoms with Crippen LogP contribution in [0.2, 0.25) is 0 Å². The molecule has 1 aromatic carbocycles. The van der Waals surface area contributed by atoms with Crippen molar-refractivity contribution in [3.05, 3.63) is 35.1 Å². The Morgan fingerprint density at radius 3 is 2.81 bits per heavy atom. The highest BCUT2D eigenvalue weighted by Gasteiger charge is 2.51. The summed E-state index contributed by atoms with van der Waals surface area (Å²) < 4.78 is 13.5. The molecule has 0 radical (unpaired) electrons. The summed E-state index contributed by atoms with van der Waals surface area (Å²) >= 11 is 0. The second-order valence-electron chi connectivity index (χ2n) is 4.08. The molecular formula is C11H9FN2O2. The van der Waals surface area contributed by atoms with Gasteiger partial charge in [-0.3, -0.25) is 10.1 Å². The van der Waals surface area contributed by atoms with Gasteiger partial charge in [0.25, 0.3) is 5.91 Å². The van der Waals surface area contributed by atoms with Gasteiger partial charge in [-0.2, -0.15) is 0 Å². The van der Waals surface area contributed by atoms with Gasteiger partial charge in [-0.1, -0.05) is 12.1 Å². The van der Waals surface area contributed by atoms with Crippen LogP contribution in [-0.2, 0) is 16.8 Å². The first-order valence-electron chi connectivity index (χ1n) is 5.05. The van der Waals surface area contributed by atoms with Crippen LogP contribution in [0.3, 0.4) is 0 Å². The second-order valence-corrected chi connectivity index (χ2v) is 4.08. The van der Waals surface area contributed by atoms with Gasteiger partial charge in [-0.05, 0) is 30.0 Å². The number of urea groups is 1. The van der Waals surface area contributed by atoms with E-state index in [9.17, 15) is 14.0 Å². The molecule has 1 unspecified atom stereocenters. The van der Waals surface area contributed by atoms with Crippen molar-refractivity contribution in [1.29, 1.82) is 0 Å². The molecule has 1 aromatic rings. The van der Waals surface area contributed by atoms with E-state index in [1.165, 1.54) is 6.07 Å². The zero-order chi connectivity index (χ0) is 11.3. The monoisotopic (exact) mass is 220 g/mol.